The highest BCUT2D eigenvalue weighted by Gasteiger charge is 2.55. The number of hydrogen-bond donors (Lipinski definition) is 0. The van der Waals surface area contributed by atoms with Gasteiger partial charge in [-0.3, -0.25) is 9.59 Å². The van der Waals surface area contributed by atoms with Crippen LogP contribution in [0.5, 0.6) is 0 Å². The normalized spacial score (nSPS) is 39.9. The molecule has 7 atom stereocenters. The Kier molecular flexibility index (Phi) is 6.13. The van der Waals surface area contributed by atoms with Crippen LogP contribution in [0, 0.1) is 34.5 Å². The van der Waals surface area contributed by atoms with Crippen LogP contribution in [-0.4, -0.2) is 25.2 Å². The molecule has 4 aliphatic rings. The second kappa shape index (κ2) is 8.41. The Morgan fingerprint density at radius 2 is 1.94 bits per heavy atom. The van der Waals surface area contributed by atoms with Crippen LogP contribution in [0.25, 0.3) is 0 Å². The van der Waals surface area contributed by atoms with Gasteiger partial charge < -0.3 is 9.47 Å². The Morgan fingerprint density at radius 3 is 2.65 bits per heavy atom. The molecule has 0 spiro atoms. The lowest BCUT2D eigenvalue weighted by molar-refractivity contribution is -0.151. The van der Waals surface area contributed by atoms with Gasteiger partial charge in [0.25, 0.3) is 0 Å². The van der Waals surface area contributed by atoms with Crippen LogP contribution < -0.4 is 0 Å². The molecule has 0 heterocycles. The van der Waals surface area contributed by atoms with Crippen LogP contribution in [0.2, 0.25) is 0 Å². The Bertz CT molecular complexity index is 795. The molecule has 0 bridgehead atoms. The third-order valence-electron chi connectivity index (χ3n) is 9.49. The number of rotatable bonds is 5. The van der Waals surface area contributed by atoms with Crippen LogP contribution in [0.15, 0.2) is 23.3 Å². The van der Waals surface area contributed by atoms with Crippen molar-refractivity contribution in [2.75, 3.05) is 7.11 Å². The number of hydrogen-bond acceptors (Lipinski definition) is 4. The number of ether oxygens (including phenoxy) is 2. The Morgan fingerprint density at radius 1 is 1.16 bits per heavy atom. The third kappa shape index (κ3) is 3.89. The number of carbonyl (C=O) groups is 2. The van der Waals surface area contributed by atoms with Crippen molar-refractivity contribution in [1.29, 1.82) is 0 Å². The van der Waals surface area contributed by atoms with Gasteiger partial charge in [-0.15, -0.1) is 0 Å². The summed E-state index contributed by atoms with van der Waals surface area (Å²) >= 11 is 0. The molecule has 4 rings (SSSR count). The fourth-order valence-electron chi connectivity index (χ4n) is 7.80. The summed E-state index contributed by atoms with van der Waals surface area (Å²) in [6.45, 7) is 8.79. The van der Waals surface area contributed by atoms with Gasteiger partial charge in [0.1, 0.15) is 6.10 Å². The Balaban J connectivity index is 1.50. The van der Waals surface area contributed by atoms with E-state index in [0.717, 1.165) is 32.1 Å². The Hall–Kier alpha value is -1.58. The zero-order chi connectivity index (χ0) is 22.4. The van der Waals surface area contributed by atoms with E-state index in [4.69, 9.17) is 9.47 Å². The van der Waals surface area contributed by atoms with Crippen LogP contribution in [0.3, 0.4) is 0 Å². The lowest BCUT2D eigenvalue weighted by Crippen LogP contribution is -2.48. The van der Waals surface area contributed by atoms with Gasteiger partial charge >= 0.3 is 11.9 Å². The molecule has 0 saturated heterocycles. The van der Waals surface area contributed by atoms with Crippen molar-refractivity contribution in [3.05, 3.63) is 23.3 Å². The first-order valence-electron chi connectivity index (χ1n) is 12.3. The molecule has 0 aromatic carbocycles. The van der Waals surface area contributed by atoms with E-state index in [1.54, 1.807) is 11.1 Å². The summed E-state index contributed by atoms with van der Waals surface area (Å²) in [5, 5.41) is 0. The van der Waals surface area contributed by atoms with Gasteiger partial charge in [0.05, 0.1) is 7.11 Å². The average molecular weight is 429 g/mol. The first-order chi connectivity index (χ1) is 14.7. The van der Waals surface area contributed by atoms with E-state index in [9.17, 15) is 9.59 Å². The van der Waals surface area contributed by atoms with Crippen molar-refractivity contribution in [2.45, 2.75) is 91.6 Å². The Labute approximate surface area is 187 Å². The molecule has 4 aliphatic carbocycles. The molecule has 0 N–H and O–H groups in total. The molecule has 4 heteroatoms. The third-order valence-corrected chi connectivity index (χ3v) is 9.49. The first kappa shape index (κ1) is 22.6. The standard InChI is InChI=1S/C27H40O4/c1-17(6-11-25(29)30-5)22-9-10-23-21-8-7-19-16-20(31-18(2)28)12-14-26(19,3)24(21)13-15-27(22,23)4/h9,13,17,19-21,23H,6-8,10-12,14-16H2,1-5H3/t17-,19?,20-,21+,23+,26+,27-/m1/s1. The smallest absolute Gasteiger partial charge is 0.305 e. The molecular weight excluding hydrogens is 388 g/mol. The van der Waals surface area contributed by atoms with E-state index >= 15 is 0 Å². The van der Waals surface area contributed by atoms with E-state index in [0.29, 0.717) is 30.1 Å². The first-order valence-corrected chi connectivity index (χ1v) is 12.3. The van der Waals surface area contributed by atoms with Crippen molar-refractivity contribution in [3.63, 3.8) is 0 Å². The fraction of sp³-hybridized carbons (Fsp3) is 0.778. The second-order valence-electron chi connectivity index (χ2n) is 11.1. The van der Waals surface area contributed by atoms with Gasteiger partial charge in [0, 0.05) is 13.3 Å². The van der Waals surface area contributed by atoms with Crippen molar-refractivity contribution in [3.8, 4) is 0 Å². The number of carbonyl (C=O) groups excluding carboxylic acids is 2. The van der Waals surface area contributed by atoms with Gasteiger partial charge in [-0.05, 0) is 85.9 Å². The van der Waals surface area contributed by atoms with Gasteiger partial charge in [0.2, 0.25) is 0 Å². The van der Waals surface area contributed by atoms with E-state index in [1.165, 1.54) is 33.3 Å². The summed E-state index contributed by atoms with van der Waals surface area (Å²) in [6, 6.07) is 0. The van der Waals surface area contributed by atoms with Gasteiger partial charge in [-0.2, -0.15) is 0 Å². The number of allylic oxidation sites excluding steroid dienone is 4. The number of methoxy groups -OCH3 is 1. The van der Waals surface area contributed by atoms with Crippen molar-refractivity contribution < 1.29 is 19.1 Å². The summed E-state index contributed by atoms with van der Waals surface area (Å²) in [4.78, 5) is 23.1. The minimum Gasteiger partial charge on any atom is -0.469 e. The molecule has 0 aromatic rings. The largest absolute Gasteiger partial charge is 0.469 e. The summed E-state index contributed by atoms with van der Waals surface area (Å²) < 4.78 is 10.5. The molecule has 172 valence electrons. The van der Waals surface area contributed by atoms with Gasteiger partial charge in [-0.1, -0.05) is 44.1 Å². The van der Waals surface area contributed by atoms with Crippen LogP contribution in [0.1, 0.15) is 85.5 Å². The highest BCUT2D eigenvalue weighted by Crippen LogP contribution is 2.65. The molecule has 2 saturated carbocycles. The lowest BCUT2D eigenvalue weighted by atomic mass is 9.48. The molecule has 31 heavy (non-hydrogen) atoms. The number of fused-ring (bicyclic) bond motifs is 5. The van der Waals surface area contributed by atoms with E-state index in [-0.39, 0.29) is 28.9 Å². The minimum atomic E-state index is -0.138. The van der Waals surface area contributed by atoms with Crippen LogP contribution >= 0.6 is 0 Å². The quantitative estimate of drug-likeness (QED) is 0.398. The van der Waals surface area contributed by atoms with Gasteiger partial charge in [-0.25, -0.2) is 0 Å². The predicted molar refractivity (Wildman–Crippen MR) is 121 cm³/mol. The predicted octanol–water partition coefficient (Wildman–Crippen LogP) is 6.01. The van der Waals surface area contributed by atoms with Crippen LogP contribution in [0.4, 0.5) is 0 Å². The van der Waals surface area contributed by atoms with Gasteiger partial charge in [0.15, 0.2) is 0 Å². The molecule has 4 nitrogen and oxygen atoms in total. The molecule has 0 aliphatic heterocycles. The lowest BCUT2D eigenvalue weighted by Gasteiger charge is -2.57. The average Bonchev–Trinajstić information content (AvgIpc) is 3.09. The van der Waals surface area contributed by atoms with Crippen molar-refractivity contribution in [1.82, 2.24) is 0 Å². The van der Waals surface area contributed by atoms with Crippen molar-refractivity contribution in [2.24, 2.45) is 34.5 Å². The van der Waals surface area contributed by atoms with Crippen LogP contribution in [-0.2, 0) is 19.1 Å². The second-order valence-corrected chi connectivity index (χ2v) is 11.1. The SMILES string of the molecule is COC(=O)CC[C@@H](C)C1=CC[C@H]2[C@@H]3CCC4C[C@H](OC(C)=O)CC[C@]4(C)C3=CC[C@]12C. The zero-order valence-corrected chi connectivity index (χ0v) is 20.0. The molecule has 0 amide bonds. The minimum absolute atomic E-state index is 0.103. The molecule has 2 fully saturated rings. The fourth-order valence-corrected chi connectivity index (χ4v) is 7.80. The maximum absolute atomic E-state index is 11.7. The molecule has 1 unspecified atom stereocenters. The summed E-state index contributed by atoms with van der Waals surface area (Å²) in [7, 11) is 1.48. The summed E-state index contributed by atoms with van der Waals surface area (Å²) in [5.41, 5.74) is 3.77. The van der Waals surface area contributed by atoms with Crippen molar-refractivity contribution >= 4 is 11.9 Å². The molecular formula is C27H40O4. The summed E-state index contributed by atoms with van der Waals surface area (Å²) in [5.74, 6) is 2.17. The topological polar surface area (TPSA) is 52.6 Å². The zero-order valence-electron chi connectivity index (χ0n) is 20.0. The van der Waals surface area contributed by atoms with E-state index in [2.05, 4.69) is 32.9 Å². The van der Waals surface area contributed by atoms with E-state index in [1.807, 2.05) is 0 Å². The summed E-state index contributed by atoms with van der Waals surface area (Å²) in [6.07, 6.45) is 14.6. The monoisotopic (exact) mass is 428 g/mol. The molecule has 0 aromatic heterocycles. The number of esters is 2. The highest BCUT2D eigenvalue weighted by atomic mass is 16.5. The molecule has 0 radical (unpaired) electrons. The maximum atomic E-state index is 11.7. The highest BCUT2D eigenvalue weighted by molar-refractivity contribution is 5.69. The van der Waals surface area contributed by atoms with E-state index < -0.39 is 0 Å². The maximum Gasteiger partial charge on any atom is 0.305 e.